The molecule has 0 bridgehead atoms. The van der Waals surface area contributed by atoms with Crippen LogP contribution in [0.1, 0.15) is 49.9 Å². The summed E-state index contributed by atoms with van der Waals surface area (Å²) in [5.41, 5.74) is 14.0. The number of aromatic nitrogens is 4. The van der Waals surface area contributed by atoms with Gasteiger partial charge in [-0.2, -0.15) is 0 Å². The molecule has 2 aliphatic carbocycles. The fourth-order valence-corrected chi connectivity index (χ4v) is 8.89. The number of nitrogens with zero attached hydrogens (tertiary/aromatic N) is 6. The Kier molecular flexibility index (Phi) is 7.08. The van der Waals surface area contributed by atoms with Crippen molar-refractivity contribution < 1.29 is 0 Å². The SMILES string of the molecule is CC1(C)c2cc(N(c3cccnc3)c3ccccn3)ccc2-c2c1cc1c3c(cccc23)C(C)(C)c2cc(N(c3cccnc3)c3ccccn3)ccc2-1. The molecule has 4 aromatic carbocycles. The van der Waals surface area contributed by atoms with E-state index in [2.05, 4.69) is 126 Å². The van der Waals surface area contributed by atoms with Gasteiger partial charge in [0.1, 0.15) is 11.6 Å². The van der Waals surface area contributed by atoms with Gasteiger partial charge >= 0.3 is 0 Å². The molecule has 0 radical (unpaired) electrons. The molecule has 0 unspecified atom stereocenters. The van der Waals surface area contributed by atoms with Crippen molar-refractivity contribution in [3.05, 3.63) is 181 Å². The third-order valence-electron chi connectivity index (χ3n) is 11.5. The molecular weight excluding hydrogens is 661 g/mol. The second-order valence-corrected chi connectivity index (χ2v) is 15.3. The van der Waals surface area contributed by atoms with E-state index in [1.165, 1.54) is 55.3 Å². The van der Waals surface area contributed by atoms with Crippen LogP contribution in [0.3, 0.4) is 0 Å². The van der Waals surface area contributed by atoms with E-state index in [1.54, 1.807) is 0 Å². The minimum atomic E-state index is -0.259. The van der Waals surface area contributed by atoms with Crippen molar-refractivity contribution in [2.75, 3.05) is 9.80 Å². The maximum Gasteiger partial charge on any atom is 0.137 e. The Labute approximate surface area is 315 Å². The lowest BCUT2D eigenvalue weighted by Crippen LogP contribution is -2.25. The highest BCUT2D eigenvalue weighted by atomic mass is 15.2. The molecule has 0 N–H and O–H groups in total. The predicted octanol–water partition coefficient (Wildman–Crippen LogP) is 12.0. The first-order valence-electron chi connectivity index (χ1n) is 18.5. The zero-order chi connectivity index (χ0) is 36.6. The minimum Gasteiger partial charge on any atom is -0.293 e. The summed E-state index contributed by atoms with van der Waals surface area (Å²) in [7, 11) is 0. The number of anilines is 6. The van der Waals surface area contributed by atoms with Gasteiger partial charge in [-0.25, -0.2) is 9.97 Å². The maximum absolute atomic E-state index is 4.76. The molecule has 0 saturated carbocycles. The smallest absolute Gasteiger partial charge is 0.137 e. The molecule has 0 spiro atoms. The van der Waals surface area contributed by atoms with Crippen LogP contribution in [0.15, 0.2) is 159 Å². The molecule has 6 nitrogen and oxygen atoms in total. The summed E-state index contributed by atoms with van der Waals surface area (Å²) in [5, 5.41) is 2.65. The summed E-state index contributed by atoms with van der Waals surface area (Å²) in [5.74, 6) is 1.70. The Balaban J connectivity index is 1.16. The molecule has 0 aliphatic heterocycles. The van der Waals surface area contributed by atoms with Crippen molar-refractivity contribution in [2.24, 2.45) is 0 Å². The third kappa shape index (κ3) is 4.73. The molecule has 54 heavy (non-hydrogen) atoms. The van der Waals surface area contributed by atoms with Gasteiger partial charge in [-0.3, -0.25) is 19.8 Å². The number of benzene rings is 4. The van der Waals surface area contributed by atoms with Crippen LogP contribution >= 0.6 is 0 Å². The van der Waals surface area contributed by atoms with Gasteiger partial charge in [0.25, 0.3) is 0 Å². The van der Waals surface area contributed by atoms with Crippen LogP contribution in [0.5, 0.6) is 0 Å². The van der Waals surface area contributed by atoms with Crippen LogP contribution in [0.25, 0.3) is 33.0 Å². The van der Waals surface area contributed by atoms with E-state index in [4.69, 9.17) is 9.97 Å². The van der Waals surface area contributed by atoms with E-state index in [0.29, 0.717) is 0 Å². The van der Waals surface area contributed by atoms with Gasteiger partial charge in [0.15, 0.2) is 0 Å². The van der Waals surface area contributed by atoms with Crippen molar-refractivity contribution in [1.29, 1.82) is 0 Å². The highest BCUT2D eigenvalue weighted by Crippen LogP contribution is 2.58. The Morgan fingerprint density at radius 3 is 1.56 bits per heavy atom. The summed E-state index contributed by atoms with van der Waals surface area (Å²) in [6, 6.07) is 43.4. The van der Waals surface area contributed by atoms with Crippen molar-refractivity contribution >= 4 is 45.2 Å². The molecule has 0 fully saturated rings. The minimum absolute atomic E-state index is 0.255. The number of pyridine rings is 4. The highest BCUT2D eigenvalue weighted by Gasteiger charge is 2.41. The monoisotopic (exact) mass is 698 g/mol. The van der Waals surface area contributed by atoms with Crippen molar-refractivity contribution in [1.82, 2.24) is 19.9 Å². The second kappa shape index (κ2) is 11.9. The standard InChI is InChI=1S/C48H38N6/c1-47(2)39-15-9-14-37-45-36-21-19-32(54(34-13-11-23-50-30-34)44-17-6-8-25-52-44)27-41(36)48(3,4)42(45)28-38(46(37)39)35-20-18-31(26-40(35)47)53(33-12-10-22-49-29-33)43-16-5-7-24-51-43/h5-30H,1-4H3. The van der Waals surface area contributed by atoms with Crippen LogP contribution < -0.4 is 9.80 Å². The molecule has 4 aromatic heterocycles. The molecule has 0 amide bonds. The zero-order valence-electron chi connectivity index (χ0n) is 30.7. The summed E-state index contributed by atoms with van der Waals surface area (Å²) in [4.78, 5) is 22.8. The van der Waals surface area contributed by atoms with E-state index < -0.39 is 0 Å². The van der Waals surface area contributed by atoms with E-state index in [9.17, 15) is 0 Å². The first-order valence-corrected chi connectivity index (χ1v) is 18.5. The molecule has 4 heterocycles. The molecule has 0 saturated heterocycles. The topological polar surface area (TPSA) is 58.0 Å². The van der Waals surface area contributed by atoms with Gasteiger partial charge in [0.2, 0.25) is 0 Å². The molecule has 6 heteroatoms. The number of rotatable bonds is 6. The molecule has 10 rings (SSSR count). The predicted molar refractivity (Wildman–Crippen MR) is 220 cm³/mol. The van der Waals surface area contributed by atoms with Crippen LogP contribution in [0.4, 0.5) is 34.4 Å². The average molecular weight is 699 g/mol. The fraction of sp³-hybridized carbons (Fsp3) is 0.125. The molecule has 260 valence electrons. The Hall–Kier alpha value is -6.66. The van der Waals surface area contributed by atoms with Gasteiger partial charge in [0, 0.05) is 47.0 Å². The fourth-order valence-electron chi connectivity index (χ4n) is 8.89. The van der Waals surface area contributed by atoms with Crippen LogP contribution in [0, 0.1) is 0 Å². The van der Waals surface area contributed by atoms with Crippen molar-refractivity contribution in [2.45, 2.75) is 38.5 Å². The average Bonchev–Trinajstić information content (AvgIpc) is 3.44. The van der Waals surface area contributed by atoms with E-state index in [-0.39, 0.29) is 10.8 Å². The Bertz CT molecular complexity index is 2630. The maximum atomic E-state index is 4.76. The van der Waals surface area contributed by atoms with Gasteiger partial charge in [-0.1, -0.05) is 70.2 Å². The van der Waals surface area contributed by atoms with Crippen LogP contribution in [-0.2, 0) is 10.8 Å². The van der Waals surface area contributed by atoms with E-state index in [1.807, 2.05) is 79.6 Å². The third-order valence-corrected chi connectivity index (χ3v) is 11.5. The summed E-state index contributed by atoms with van der Waals surface area (Å²) < 4.78 is 0. The van der Waals surface area contributed by atoms with Crippen LogP contribution in [-0.4, -0.2) is 19.9 Å². The lowest BCUT2D eigenvalue weighted by atomic mass is 9.67. The van der Waals surface area contributed by atoms with Gasteiger partial charge in [0.05, 0.1) is 23.8 Å². The van der Waals surface area contributed by atoms with E-state index >= 15 is 0 Å². The number of hydrogen-bond donors (Lipinski definition) is 0. The Morgan fingerprint density at radius 2 is 1.00 bits per heavy atom. The Morgan fingerprint density at radius 1 is 0.426 bits per heavy atom. The first-order chi connectivity index (χ1) is 26.3. The quantitative estimate of drug-likeness (QED) is 0.172. The molecule has 8 aromatic rings. The van der Waals surface area contributed by atoms with E-state index in [0.717, 1.165) is 34.4 Å². The lowest BCUT2D eigenvalue weighted by Gasteiger charge is -2.37. The second-order valence-electron chi connectivity index (χ2n) is 15.3. The molecular formula is C48H38N6. The van der Waals surface area contributed by atoms with Gasteiger partial charge in [-0.05, 0) is 134 Å². The number of fused-ring (bicyclic) bond motifs is 6. The summed E-state index contributed by atoms with van der Waals surface area (Å²) >= 11 is 0. The zero-order valence-corrected chi connectivity index (χ0v) is 30.7. The largest absolute Gasteiger partial charge is 0.293 e. The molecule has 0 atom stereocenters. The first kappa shape index (κ1) is 32.0. The van der Waals surface area contributed by atoms with Gasteiger partial charge in [-0.15, -0.1) is 0 Å². The normalized spacial score (nSPS) is 14.2. The number of hydrogen-bond acceptors (Lipinski definition) is 6. The van der Waals surface area contributed by atoms with Crippen LogP contribution in [0.2, 0.25) is 0 Å². The van der Waals surface area contributed by atoms with Gasteiger partial charge < -0.3 is 0 Å². The molecule has 2 aliphatic rings. The lowest BCUT2D eigenvalue weighted by molar-refractivity contribution is 0.644. The summed E-state index contributed by atoms with van der Waals surface area (Å²) in [6.45, 7) is 9.47. The van der Waals surface area contributed by atoms with Crippen molar-refractivity contribution in [3.8, 4) is 22.3 Å². The van der Waals surface area contributed by atoms with Crippen molar-refractivity contribution in [3.63, 3.8) is 0 Å². The highest BCUT2D eigenvalue weighted by molar-refractivity contribution is 6.12. The summed E-state index contributed by atoms with van der Waals surface area (Å²) in [6.07, 6.45) is 11.1.